The number of pyridine rings is 1. The van der Waals surface area contributed by atoms with Gasteiger partial charge in [0.05, 0.1) is 6.20 Å². The van der Waals surface area contributed by atoms with E-state index in [2.05, 4.69) is 15.3 Å². The number of carboxylic acids is 1. The molecule has 0 spiro atoms. The van der Waals surface area contributed by atoms with Crippen LogP contribution in [-0.4, -0.2) is 37.4 Å². The van der Waals surface area contributed by atoms with Gasteiger partial charge >= 0.3 is 5.97 Å². The molecule has 0 saturated heterocycles. The highest BCUT2D eigenvalue weighted by molar-refractivity contribution is 5.95. The van der Waals surface area contributed by atoms with Gasteiger partial charge < -0.3 is 20.6 Å². The van der Waals surface area contributed by atoms with E-state index in [9.17, 15) is 9.59 Å². The second-order valence-corrected chi connectivity index (χ2v) is 6.06. The molecule has 1 aromatic carbocycles. The zero-order valence-corrected chi connectivity index (χ0v) is 14.2. The lowest BCUT2D eigenvalue weighted by atomic mass is 10.1. The Morgan fingerprint density at radius 2 is 2.04 bits per heavy atom. The number of hydrogen-bond acceptors (Lipinski definition) is 6. The van der Waals surface area contributed by atoms with E-state index >= 15 is 0 Å². The number of carbonyl (C=O) groups is 2. The third kappa shape index (κ3) is 2.95. The summed E-state index contributed by atoms with van der Waals surface area (Å²) in [5.74, 6) is -1.63. The zero-order valence-electron chi connectivity index (χ0n) is 14.2. The number of amides is 1. The number of nitrogens with two attached hydrogens (primary N) is 1. The number of imidazole rings is 1. The number of rotatable bonds is 4. The van der Waals surface area contributed by atoms with Crippen LogP contribution in [0.2, 0.25) is 0 Å². The monoisotopic (exact) mass is 365 g/mol. The van der Waals surface area contributed by atoms with Crippen LogP contribution in [0.4, 0.5) is 6.01 Å². The second kappa shape index (κ2) is 6.13. The van der Waals surface area contributed by atoms with Crippen molar-refractivity contribution in [2.45, 2.75) is 13.0 Å². The van der Waals surface area contributed by atoms with Gasteiger partial charge in [0, 0.05) is 6.20 Å². The summed E-state index contributed by atoms with van der Waals surface area (Å²) in [5, 5.41) is 11.4. The third-order valence-corrected chi connectivity index (χ3v) is 4.19. The van der Waals surface area contributed by atoms with Crippen molar-refractivity contribution in [1.82, 2.24) is 19.7 Å². The Hall–Kier alpha value is -3.88. The molecule has 9 heteroatoms. The van der Waals surface area contributed by atoms with Crippen molar-refractivity contribution in [3.05, 3.63) is 48.4 Å². The smallest absolute Gasteiger partial charge is 0.325 e. The van der Waals surface area contributed by atoms with Gasteiger partial charge in [0.2, 0.25) is 0 Å². The molecule has 3 heterocycles. The van der Waals surface area contributed by atoms with Crippen molar-refractivity contribution >= 4 is 34.6 Å². The standard InChI is InChI=1S/C18H15N5O4/c1-9(17(25)26)21-16(24)13-7-20-15-5-3-11(8-23(13)15)10-2-4-14-12(6-10)22-18(19)27-14/h2-9H,1H3,(H2,19,22)(H,21,24)(H,25,26)/t9-/m0/s1. The lowest BCUT2D eigenvalue weighted by Crippen LogP contribution is -2.38. The van der Waals surface area contributed by atoms with Gasteiger partial charge in [0.25, 0.3) is 11.9 Å². The summed E-state index contributed by atoms with van der Waals surface area (Å²) < 4.78 is 6.89. The van der Waals surface area contributed by atoms with Gasteiger partial charge in [-0.3, -0.25) is 14.0 Å². The van der Waals surface area contributed by atoms with Crippen LogP contribution in [-0.2, 0) is 4.79 Å². The molecule has 4 aromatic rings. The highest BCUT2D eigenvalue weighted by Gasteiger charge is 2.18. The first kappa shape index (κ1) is 16.6. The number of benzene rings is 1. The number of nitrogen functional groups attached to an aromatic ring is 1. The molecular formula is C18H15N5O4. The first-order valence-electron chi connectivity index (χ1n) is 8.09. The number of hydrogen-bond donors (Lipinski definition) is 3. The van der Waals surface area contributed by atoms with Crippen molar-refractivity contribution < 1.29 is 19.1 Å². The van der Waals surface area contributed by atoms with Gasteiger partial charge in [0.1, 0.15) is 22.9 Å². The normalized spacial score (nSPS) is 12.3. The van der Waals surface area contributed by atoms with E-state index in [-0.39, 0.29) is 11.7 Å². The van der Waals surface area contributed by atoms with Crippen molar-refractivity contribution in [2.24, 2.45) is 0 Å². The maximum Gasteiger partial charge on any atom is 0.325 e. The lowest BCUT2D eigenvalue weighted by Gasteiger charge is -2.09. The van der Waals surface area contributed by atoms with Gasteiger partial charge in [-0.15, -0.1) is 0 Å². The SMILES string of the molecule is C[C@H](NC(=O)c1cnc2ccc(-c3ccc4oc(N)nc4c3)cn12)C(=O)O. The van der Waals surface area contributed by atoms with E-state index in [4.69, 9.17) is 15.3 Å². The summed E-state index contributed by atoms with van der Waals surface area (Å²) in [6, 6.07) is 8.19. The molecule has 0 radical (unpaired) electrons. The summed E-state index contributed by atoms with van der Waals surface area (Å²) in [6.07, 6.45) is 3.16. The molecule has 0 saturated carbocycles. The van der Waals surface area contributed by atoms with Crippen LogP contribution >= 0.6 is 0 Å². The molecule has 0 fully saturated rings. The summed E-state index contributed by atoms with van der Waals surface area (Å²) >= 11 is 0. The minimum Gasteiger partial charge on any atom is -0.480 e. The molecular weight excluding hydrogens is 350 g/mol. The third-order valence-electron chi connectivity index (χ3n) is 4.19. The molecule has 1 amide bonds. The average molecular weight is 365 g/mol. The minimum atomic E-state index is -1.11. The number of nitrogens with zero attached hydrogens (tertiary/aromatic N) is 3. The van der Waals surface area contributed by atoms with Crippen LogP contribution in [0.3, 0.4) is 0 Å². The van der Waals surface area contributed by atoms with E-state index in [0.717, 1.165) is 11.1 Å². The highest BCUT2D eigenvalue weighted by Crippen LogP contribution is 2.26. The zero-order chi connectivity index (χ0) is 19.1. The van der Waals surface area contributed by atoms with E-state index in [1.165, 1.54) is 13.1 Å². The van der Waals surface area contributed by atoms with Crippen LogP contribution in [0.5, 0.6) is 0 Å². The number of nitrogens with one attached hydrogen (secondary N) is 1. The van der Waals surface area contributed by atoms with E-state index in [1.807, 2.05) is 18.2 Å². The molecule has 0 aliphatic heterocycles. The van der Waals surface area contributed by atoms with Gasteiger partial charge in [-0.1, -0.05) is 6.07 Å². The Balaban J connectivity index is 1.74. The van der Waals surface area contributed by atoms with Crippen molar-refractivity contribution in [3.8, 4) is 11.1 Å². The quantitative estimate of drug-likeness (QED) is 0.503. The van der Waals surface area contributed by atoms with Gasteiger partial charge in [-0.25, -0.2) is 4.98 Å². The number of carboxylic acid groups (broad SMARTS) is 1. The Labute approximate surface area is 152 Å². The molecule has 136 valence electrons. The summed E-state index contributed by atoms with van der Waals surface area (Å²) in [4.78, 5) is 31.7. The molecule has 0 aliphatic rings. The van der Waals surface area contributed by atoms with Crippen LogP contribution in [0.1, 0.15) is 17.4 Å². The first-order chi connectivity index (χ1) is 12.9. The Morgan fingerprint density at radius 1 is 1.26 bits per heavy atom. The fourth-order valence-electron chi connectivity index (χ4n) is 2.78. The molecule has 4 N–H and O–H groups in total. The number of oxazole rings is 1. The topological polar surface area (TPSA) is 136 Å². The second-order valence-electron chi connectivity index (χ2n) is 6.06. The molecule has 4 rings (SSSR count). The first-order valence-corrected chi connectivity index (χ1v) is 8.09. The number of aliphatic carboxylic acids is 1. The van der Waals surface area contributed by atoms with Crippen LogP contribution in [0.25, 0.3) is 27.9 Å². The highest BCUT2D eigenvalue weighted by atomic mass is 16.4. The molecule has 0 unspecified atom stereocenters. The number of anilines is 1. The minimum absolute atomic E-state index is 0.0960. The molecule has 9 nitrogen and oxygen atoms in total. The van der Waals surface area contributed by atoms with Gasteiger partial charge in [-0.2, -0.15) is 4.98 Å². The molecule has 3 aromatic heterocycles. The predicted octanol–water partition coefficient (Wildman–Crippen LogP) is 1.93. The fraction of sp³-hybridized carbons (Fsp3) is 0.111. The summed E-state index contributed by atoms with van der Waals surface area (Å²) in [5.41, 5.74) is 9.28. The van der Waals surface area contributed by atoms with Crippen molar-refractivity contribution in [1.29, 1.82) is 0 Å². The van der Waals surface area contributed by atoms with Gasteiger partial charge in [-0.05, 0) is 42.3 Å². The maximum atomic E-state index is 12.4. The lowest BCUT2D eigenvalue weighted by molar-refractivity contribution is -0.138. The number of fused-ring (bicyclic) bond motifs is 2. The Kier molecular flexibility index (Phi) is 3.76. The number of carbonyl (C=O) groups excluding carboxylic acids is 1. The maximum absolute atomic E-state index is 12.4. The Bertz CT molecular complexity index is 1190. The molecule has 27 heavy (non-hydrogen) atoms. The summed E-state index contributed by atoms with van der Waals surface area (Å²) in [6.45, 7) is 1.40. The van der Waals surface area contributed by atoms with Crippen LogP contribution in [0, 0.1) is 0 Å². The van der Waals surface area contributed by atoms with Crippen molar-refractivity contribution in [3.63, 3.8) is 0 Å². The van der Waals surface area contributed by atoms with Crippen LogP contribution in [0.15, 0.2) is 47.1 Å². The molecule has 0 bridgehead atoms. The predicted molar refractivity (Wildman–Crippen MR) is 97.2 cm³/mol. The summed E-state index contributed by atoms with van der Waals surface area (Å²) in [7, 11) is 0. The number of aromatic nitrogens is 3. The van der Waals surface area contributed by atoms with Crippen molar-refractivity contribution in [2.75, 3.05) is 5.73 Å². The average Bonchev–Trinajstić information content (AvgIpc) is 3.22. The van der Waals surface area contributed by atoms with E-state index in [1.54, 1.807) is 22.7 Å². The Morgan fingerprint density at radius 3 is 2.81 bits per heavy atom. The van der Waals surface area contributed by atoms with Gasteiger partial charge in [0.15, 0.2) is 5.58 Å². The largest absolute Gasteiger partial charge is 0.480 e. The van der Waals surface area contributed by atoms with E-state index < -0.39 is 17.9 Å². The fourth-order valence-corrected chi connectivity index (χ4v) is 2.78. The van der Waals surface area contributed by atoms with E-state index in [0.29, 0.717) is 16.7 Å². The van der Waals surface area contributed by atoms with Crippen LogP contribution < -0.4 is 11.1 Å². The molecule has 0 aliphatic carbocycles. The molecule has 1 atom stereocenters.